The van der Waals surface area contributed by atoms with Crippen molar-refractivity contribution >= 4 is 29.3 Å². The van der Waals surface area contributed by atoms with E-state index in [-0.39, 0.29) is 6.42 Å². The van der Waals surface area contributed by atoms with Gasteiger partial charge >= 0.3 is 5.97 Å². The number of halogens is 1. The summed E-state index contributed by atoms with van der Waals surface area (Å²) in [6.45, 7) is 3.74. The molecular weight excluding hydrogens is 280 g/mol. The lowest BCUT2D eigenvalue weighted by Crippen LogP contribution is -1.94. The summed E-state index contributed by atoms with van der Waals surface area (Å²) in [5, 5.41) is 8.48. The standard InChI is InChI=1S/C12H19ClO2S.C3H4/c1-2-3-6-11(8-9-13)16-10-5-4-7-12(14)15;1-3-2/h3,6,8H,2,4-5,7,9-10H2,1H3,(H,14,15);1H,2H3/b6-3-,11-8+;. The maximum absolute atomic E-state index is 10.3. The first-order valence-electron chi connectivity index (χ1n) is 6.26. The number of hydrogen-bond donors (Lipinski definition) is 1. The normalized spacial score (nSPS) is 10.7. The molecule has 0 saturated carbocycles. The second-order valence-electron chi connectivity index (χ2n) is 3.56. The maximum Gasteiger partial charge on any atom is 0.303 e. The van der Waals surface area contributed by atoms with Gasteiger partial charge < -0.3 is 5.11 Å². The lowest BCUT2D eigenvalue weighted by molar-refractivity contribution is -0.137. The number of rotatable bonds is 9. The predicted molar refractivity (Wildman–Crippen MR) is 86.7 cm³/mol. The van der Waals surface area contributed by atoms with Crippen molar-refractivity contribution in [3.8, 4) is 12.3 Å². The highest BCUT2D eigenvalue weighted by Crippen LogP contribution is 2.19. The lowest BCUT2D eigenvalue weighted by Gasteiger charge is -2.01. The van der Waals surface area contributed by atoms with Gasteiger partial charge in [-0.2, -0.15) is 0 Å². The van der Waals surface area contributed by atoms with Crippen molar-refractivity contribution in [1.29, 1.82) is 0 Å². The average molecular weight is 303 g/mol. The summed E-state index contributed by atoms with van der Waals surface area (Å²) in [5.41, 5.74) is 0. The van der Waals surface area contributed by atoms with Crippen LogP contribution in [0.5, 0.6) is 0 Å². The fourth-order valence-electron chi connectivity index (χ4n) is 1.05. The van der Waals surface area contributed by atoms with Gasteiger partial charge in [-0.3, -0.25) is 4.79 Å². The van der Waals surface area contributed by atoms with Crippen LogP contribution in [-0.2, 0) is 4.79 Å². The van der Waals surface area contributed by atoms with Gasteiger partial charge in [0, 0.05) is 17.2 Å². The smallest absolute Gasteiger partial charge is 0.303 e. The molecule has 19 heavy (non-hydrogen) atoms. The SMILES string of the molecule is C#CC.CC/C=C\C(=C/CCl)SCCCCC(=O)O. The Morgan fingerprint density at radius 2 is 2.11 bits per heavy atom. The first-order chi connectivity index (χ1) is 9.12. The quantitative estimate of drug-likeness (QED) is 0.290. The molecular formula is C15H23ClO2S. The molecule has 0 atom stereocenters. The van der Waals surface area contributed by atoms with Crippen LogP contribution >= 0.6 is 23.4 Å². The number of terminal acetylenes is 1. The molecule has 0 aromatic carbocycles. The zero-order valence-electron chi connectivity index (χ0n) is 11.7. The molecule has 4 heteroatoms. The van der Waals surface area contributed by atoms with Gasteiger partial charge in [-0.05, 0) is 31.9 Å². The average Bonchev–Trinajstić information content (AvgIpc) is 2.36. The highest BCUT2D eigenvalue weighted by Gasteiger charge is 1.98. The van der Waals surface area contributed by atoms with Gasteiger partial charge in [0.2, 0.25) is 0 Å². The first kappa shape index (κ1) is 20.5. The van der Waals surface area contributed by atoms with Gasteiger partial charge in [0.1, 0.15) is 0 Å². The van der Waals surface area contributed by atoms with Crippen LogP contribution in [0.15, 0.2) is 23.1 Å². The Labute approximate surface area is 126 Å². The summed E-state index contributed by atoms with van der Waals surface area (Å²) in [6, 6.07) is 0. The van der Waals surface area contributed by atoms with Crippen molar-refractivity contribution in [3.05, 3.63) is 23.1 Å². The molecule has 2 nitrogen and oxygen atoms in total. The topological polar surface area (TPSA) is 37.3 Å². The van der Waals surface area contributed by atoms with Crippen LogP contribution in [0.4, 0.5) is 0 Å². The fraction of sp³-hybridized carbons (Fsp3) is 0.533. The van der Waals surface area contributed by atoms with Gasteiger partial charge in [0.25, 0.3) is 0 Å². The van der Waals surface area contributed by atoms with Gasteiger partial charge in [-0.1, -0.05) is 25.2 Å². The third kappa shape index (κ3) is 19.7. The van der Waals surface area contributed by atoms with E-state index in [1.807, 2.05) is 6.08 Å². The summed E-state index contributed by atoms with van der Waals surface area (Å²) < 4.78 is 0. The van der Waals surface area contributed by atoms with E-state index in [9.17, 15) is 4.79 Å². The molecule has 0 aromatic heterocycles. The van der Waals surface area contributed by atoms with Gasteiger partial charge in [0.05, 0.1) is 0 Å². The Hall–Kier alpha value is -0.850. The van der Waals surface area contributed by atoms with Crippen LogP contribution in [-0.4, -0.2) is 22.7 Å². The Bertz CT molecular complexity index is 317. The van der Waals surface area contributed by atoms with Gasteiger partial charge in [-0.25, -0.2) is 0 Å². The minimum absolute atomic E-state index is 0.264. The van der Waals surface area contributed by atoms with E-state index < -0.39 is 5.97 Å². The summed E-state index contributed by atoms with van der Waals surface area (Å²) in [4.78, 5) is 11.5. The number of alkyl halides is 1. The number of unbranched alkanes of at least 4 members (excludes halogenated alkanes) is 1. The molecule has 0 radical (unpaired) electrons. The van der Waals surface area contributed by atoms with Crippen molar-refractivity contribution in [1.82, 2.24) is 0 Å². The molecule has 0 rings (SSSR count). The number of hydrogen-bond acceptors (Lipinski definition) is 2. The lowest BCUT2D eigenvalue weighted by atomic mass is 10.2. The molecule has 108 valence electrons. The number of aliphatic carboxylic acids is 1. The first-order valence-corrected chi connectivity index (χ1v) is 7.78. The van der Waals surface area contributed by atoms with E-state index in [1.54, 1.807) is 18.7 Å². The van der Waals surface area contributed by atoms with Crippen LogP contribution in [0.2, 0.25) is 0 Å². The van der Waals surface area contributed by atoms with Crippen molar-refractivity contribution in [2.24, 2.45) is 0 Å². The summed E-state index contributed by atoms with van der Waals surface area (Å²) in [6.07, 6.45) is 13.7. The third-order valence-corrected chi connectivity index (χ3v) is 3.13. The van der Waals surface area contributed by atoms with E-state index in [1.165, 1.54) is 4.91 Å². The second-order valence-corrected chi connectivity index (χ2v) is 5.04. The van der Waals surface area contributed by atoms with Crippen molar-refractivity contribution in [3.63, 3.8) is 0 Å². The van der Waals surface area contributed by atoms with Crippen molar-refractivity contribution < 1.29 is 9.90 Å². The molecule has 0 heterocycles. The molecule has 0 unspecified atom stereocenters. The molecule has 0 saturated heterocycles. The molecule has 0 aromatic rings. The molecule has 0 bridgehead atoms. The Balaban J connectivity index is 0. The summed E-state index contributed by atoms with van der Waals surface area (Å²) in [5.74, 6) is 3.00. The Morgan fingerprint density at radius 3 is 2.58 bits per heavy atom. The molecule has 0 fully saturated rings. The minimum atomic E-state index is -0.715. The highest BCUT2D eigenvalue weighted by molar-refractivity contribution is 8.03. The molecule has 0 aliphatic carbocycles. The number of thioether (sulfide) groups is 1. The molecule has 0 spiro atoms. The highest BCUT2D eigenvalue weighted by atomic mass is 35.5. The summed E-state index contributed by atoms with van der Waals surface area (Å²) in [7, 11) is 0. The van der Waals surface area contributed by atoms with E-state index >= 15 is 0 Å². The minimum Gasteiger partial charge on any atom is -0.481 e. The fourth-order valence-corrected chi connectivity index (χ4v) is 2.29. The third-order valence-electron chi connectivity index (χ3n) is 1.85. The van der Waals surface area contributed by atoms with E-state index in [0.717, 1.165) is 25.0 Å². The van der Waals surface area contributed by atoms with Gasteiger partial charge in [-0.15, -0.1) is 35.7 Å². The van der Waals surface area contributed by atoms with E-state index in [2.05, 4.69) is 31.4 Å². The Kier molecular flexibility index (Phi) is 18.5. The van der Waals surface area contributed by atoms with Crippen LogP contribution in [0.3, 0.4) is 0 Å². The number of carboxylic acid groups (broad SMARTS) is 1. The van der Waals surface area contributed by atoms with Crippen LogP contribution in [0, 0.1) is 12.3 Å². The maximum atomic E-state index is 10.3. The molecule has 1 N–H and O–H groups in total. The Morgan fingerprint density at radius 1 is 1.47 bits per heavy atom. The van der Waals surface area contributed by atoms with E-state index in [0.29, 0.717) is 5.88 Å². The zero-order valence-corrected chi connectivity index (χ0v) is 13.3. The van der Waals surface area contributed by atoms with Crippen LogP contribution < -0.4 is 0 Å². The molecule has 0 amide bonds. The van der Waals surface area contributed by atoms with Gasteiger partial charge in [0.15, 0.2) is 0 Å². The number of carboxylic acids is 1. The predicted octanol–water partition coefficient (Wildman–Crippen LogP) is 4.70. The van der Waals surface area contributed by atoms with Crippen LogP contribution in [0.1, 0.15) is 39.5 Å². The second kappa shape index (κ2) is 17.2. The van der Waals surface area contributed by atoms with Crippen LogP contribution in [0.25, 0.3) is 0 Å². The van der Waals surface area contributed by atoms with Crippen molar-refractivity contribution in [2.45, 2.75) is 39.5 Å². The largest absolute Gasteiger partial charge is 0.481 e. The van der Waals surface area contributed by atoms with E-state index in [4.69, 9.17) is 16.7 Å². The summed E-state index contributed by atoms with van der Waals surface area (Å²) >= 11 is 7.39. The number of carbonyl (C=O) groups is 1. The van der Waals surface area contributed by atoms with Crippen molar-refractivity contribution in [2.75, 3.05) is 11.6 Å². The molecule has 0 aliphatic rings. The molecule has 0 aliphatic heterocycles. The monoisotopic (exact) mass is 302 g/mol. The zero-order chi connectivity index (χ0) is 14.9. The number of allylic oxidation sites excluding steroid dienone is 3.